The molecule has 0 spiro atoms. The van der Waals surface area contributed by atoms with Gasteiger partial charge < -0.3 is 15.1 Å². The number of carbonyl (C=O) groups excluding carboxylic acids is 3. The first-order chi connectivity index (χ1) is 11.4. The maximum Gasteiger partial charge on any atom is 0.224 e. The highest BCUT2D eigenvalue weighted by molar-refractivity contribution is 5.80. The zero-order valence-corrected chi connectivity index (χ0v) is 15.2. The summed E-state index contributed by atoms with van der Waals surface area (Å²) in [7, 11) is 0. The summed E-state index contributed by atoms with van der Waals surface area (Å²) in [5, 5.41) is 2.71. The molecular formula is C18H31N3O3. The van der Waals surface area contributed by atoms with Crippen LogP contribution in [0.4, 0.5) is 0 Å². The second kappa shape index (κ2) is 8.49. The Morgan fingerprint density at radius 1 is 1.29 bits per heavy atom. The SMILES string of the molecule is CC(=O)NCCCC(=O)N1CCC(=O)N(CC2CC2)[C@H](C(C)C)C1. The summed E-state index contributed by atoms with van der Waals surface area (Å²) in [6.45, 7) is 8.26. The summed E-state index contributed by atoms with van der Waals surface area (Å²) in [4.78, 5) is 39.8. The Kier molecular flexibility index (Phi) is 6.63. The van der Waals surface area contributed by atoms with E-state index in [0.29, 0.717) is 50.7 Å². The minimum Gasteiger partial charge on any atom is -0.356 e. The molecule has 1 atom stereocenters. The molecule has 6 nitrogen and oxygen atoms in total. The van der Waals surface area contributed by atoms with Crippen LogP contribution in [0.15, 0.2) is 0 Å². The van der Waals surface area contributed by atoms with Gasteiger partial charge in [0.2, 0.25) is 17.7 Å². The van der Waals surface area contributed by atoms with Gasteiger partial charge in [-0.15, -0.1) is 0 Å². The van der Waals surface area contributed by atoms with Crippen molar-refractivity contribution in [3.63, 3.8) is 0 Å². The van der Waals surface area contributed by atoms with E-state index in [9.17, 15) is 14.4 Å². The lowest BCUT2D eigenvalue weighted by atomic mass is 10.0. The van der Waals surface area contributed by atoms with Gasteiger partial charge in [-0.05, 0) is 31.1 Å². The fourth-order valence-corrected chi connectivity index (χ4v) is 3.25. The first kappa shape index (κ1) is 18.7. The molecule has 1 heterocycles. The first-order valence-electron chi connectivity index (χ1n) is 9.20. The van der Waals surface area contributed by atoms with E-state index in [-0.39, 0.29) is 23.8 Å². The van der Waals surface area contributed by atoms with Gasteiger partial charge in [0, 0.05) is 45.9 Å². The summed E-state index contributed by atoms with van der Waals surface area (Å²) >= 11 is 0. The zero-order chi connectivity index (χ0) is 17.7. The third-order valence-electron chi connectivity index (χ3n) is 4.94. The minimum absolute atomic E-state index is 0.0709. The summed E-state index contributed by atoms with van der Waals surface area (Å²) in [6.07, 6.45) is 3.93. The Balaban J connectivity index is 1.92. The van der Waals surface area contributed by atoms with Crippen LogP contribution in [0.25, 0.3) is 0 Å². The lowest BCUT2D eigenvalue weighted by Crippen LogP contribution is -2.48. The van der Waals surface area contributed by atoms with Crippen LogP contribution >= 0.6 is 0 Å². The van der Waals surface area contributed by atoms with Gasteiger partial charge in [0.1, 0.15) is 0 Å². The molecular weight excluding hydrogens is 306 g/mol. The van der Waals surface area contributed by atoms with Crippen LogP contribution in [0.3, 0.4) is 0 Å². The predicted octanol–water partition coefficient (Wildman–Crippen LogP) is 1.40. The molecule has 0 radical (unpaired) electrons. The molecule has 1 N–H and O–H groups in total. The largest absolute Gasteiger partial charge is 0.356 e. The van der Waals surface area contributed by atoms with E-state index in [0.717, 1.165) is 6.54 Å². The standard InChI is InChI=1S/C18H31N3O3/c1-13(2)16-12-20(17(23)5-4-9-19-14(3)22)10-8-18(24)21(16)11-15-6-7-15/h13,15-16H,4-12H2,1-3H3,(H,19,22)/t16-/m0/s1. The van der Waals surface area contributed by atoms with Gasteiger partial charge in [-0.1, -0.05) is 13.8 Å². The highest BCUT2D eigenvalue weighted by Crippen LogP contribution is 2.32. The Morgan fingerprint density at radius 2 is 2.00 bits per heavy atom. The fourth-order valence-electron chi connectivity index (χ4n) is 3.25. The maximum atomic E-state index is 12.5. The average Bonchev–Trinajstić information content (AvgIpc) is 3.33. The quantitative estimate of drug-likeness (QED) is 0.714. The molecule has 0 bridgehead atoms. The normalized spacial score (nSPS) is 21.8. The van der Waals surface area contributed by atoms with Crippen LogP contribution < -0.4 is 5.32 Å². The van der Waals surface area contributed by atoms with E-state index in [1.807, 2.05) is 9.80 Å². The molecule has 1 aliphatic heterocycles. The van der Waals surface area contributed by atoms with Crippen LogP contribution in [-0.2, 0) is 14.4 Å². The maximum absolute atomic E-state index is 12.5. The van der Waals surface area contributed by atoms with Crippen LogP contribution in [0.1, 0.15) is 52.9 Å². The van der Waals surface area contributed by atoms with Crippen molar-refractivity contribution < 1.29 is 14.4 Å². The number of rotatable bonds is 7. The van der Waals surface area contributed by atoms with Crippen LogP contribution in [-0.4, -0.2) is 59.7 Å². The predicted molar refractivity (Wildman–Crippen MR) is 92.2 cm³/mol. The molecule has 0 unspecified atom stereocenters. The van der Waals surface area contributed by atoms with Crippen molar-refractivity contribution in [1.29, 1.82) is 0 Å². The molecule has 3 amide bonds. The van der Waals surface area contributed by atoms with Crippen molar-refractivity contribution in [3.8, 4) is 0 Å². The van der Waals surface area contributed by atoms with Gasteiger partial charge in [0.05, 0.1) is 6.04 Å². The summed E-state index contributed by atoms with van der Waals surface area (Å²) in [6, 6.07) is 0.111. The smallest absolute Gasteiger partial charge is 0.224 e. The van der Waals surface area contributed by atoms with Crippen molar-refractivity contribution in [1.82, 2.24) is 15.1 Å². The van der Waals surface area contributed by atoms with Crippen molar-refractivity contribution >= 4 is 17.7 Å². The fraction of sp³-hybridized carbons (Fsp3) is 0.833. The third kappa shape index (κ3) is 5.49. The monoisotopic (exact) mass is 337 g/mol. The lowest BCUT2D eigenvalue weighted by Gasteiger charge is -2.34. The second-order valence-corrected chi connectivity index (χ2v) is 7.48. The average molecular weight is 337 g/mol. The molecule has 0 aromatic heterocycles. The topological polar surface area (TPSA) is 69.7 Å². The van der Waals surface area contributed by atoms with Crippen molar-refractivity contribution in [2.75, 3.05) is 26.2 Å². The van der Waals surface area contributed by atoms with E-state index in [2.05, 4.69) is 19.2 Å². The molecule has 1 saturated carbocycles. The number of nitrogens with one attached hydrogen (secondary N) is 1. The van der Waals surface area contributed by atoms with Gasteiger partial charge in [0.25, 0.3) is 0 Å². The summed E-state index contributed by atoms with van der Waals surface area (Å²) in [5.74, 6) is 1.20. The lowest BCUT2D eigenvalue weighted by molar-refractivity contribution is -0.134. The summed E-state index contributed by atoms with van der Waals surface area (Å²) in [5.41, 5.74) is 0. The molecule has 0 aromatic rings. The van der Waals surface area contributed by atoms with Crippen LogP contribution in [0, 0.1) is 11.8 Å². The van der Waals surface area contributed by atoms with Crippen molar-refractivity contribution in [3.05, 3.63) is 0 Å². The third-order valence-corrected chi connectivity index (χ3v) is 4.94. The molecule has 6 heteroatoms. The number of amides is 3. The number of hydrogen-bond donors (Lipinski definition) is 1. The molecule has 24 heavy (non-hydrogen) atoms. The minimum atomic E-state index is -0.0709. The van der Waals surface area contributed by atoms with Gasteiger partial charge in [-0.25, -0.2) is 0 Å². The van der Waals surface area contributed by atoms with E-state index in [1.54, 1.807) is 0 Å². The van der Waals surface area contributed by atoms with Gasteiger partial charge in [-0.3, -0.25) is 14.4 Å². The highest BCUT2D eigenvalue weighted by atomic mass is 16.2. The highest BCUT2D eigenvalue weighted by Gasteiger charge is 2.36. The van der Waals surface area contributed by atoms with E-state index in [4.69, 9.17) is 0 Å². The van der Waals surface area contributed by atoms with Crippen LogP contribution in [0.2, 0.25) is 0 Å². The molecule has 2 fully saturated rings. The van der Waals surface area contributed by atoms with Gasteiger partial charge >= 0.3 is 0 Å². The number of nitrogens with zero attached hydrogens (tertiary/aromatic N) is 2. The Bertz CT molecular complexity index is 474. The van der Waals surface area contributed by atoms with Gasteiger partial charge in [0.15, 0.2) is 0 Å². The van der Waals surface area contributed by atoms with E-state index in [1.165, 1.54) is 19.8 Å². The Hall–Kier alpha value is -1.59. The van der Waals surface area contributed by atoms with Crippen LogP contribution in [0.5, 0.6) is 0 Å². The van der Waals surface area contributed by atoms with Crippen molar-refractivity contribution in [2.45, 2.75) is 58.9 Å². The zero-order valence-electron chi connectivity index (χ0n) is 15.2. The number of hydrogen-bond acceptors (Lipinski definition) is 3. The molecule has 0 aromatic carbocycles. The Labute approximate surface area is 144 Å². The van der Waals surface area contributed by atoms with E-state index >= 15 is 0 Å². The molecule has 2 rings (SSSR count). The molecule has 2 aliphatic rings. The second-order valence-electron chi connectivity index (χ2n) is 7.48. The molecule has 1 saturated heterocycles. The van der Waals surface area contributed by atoms with Gasteiger partial charge in [-0.2, -0.15) is 0 Å². The molecule has 136 valence electrons. The molecule has 1 aliphatic carbocycles. The first-order valence-corrected chi connectivity index (χ1v) is 9.20. The number of carbonyl (C=O) groups is 3. The van der Waals surface area contributed by atoms with E-state index < -0.39 is 0 Å². The van der Waals surface area contributed by atoms with Crippen molar-refractivity contribution in [2.24, 2.45) is 11.8 Å². The Morgan fingerprint density at radius 3 is 2.58 bits per heavy atom. The summed E-state index contributed by atoms with van der Waals surface area (Å²) < 4.78 is 0.